The number of aromatic nitrogens is 2. The van der Waals surface area contributed by atoms with Crippen LogP contribution in [0.25, 0.3) is 0 Å². The molecule has 13 heteroatoms. The van der Waals surface area contributed by atoms with Crippen LogP contribution in [-0.4, -0.2) is 79.8 Å². The number of hydrogen-bond acceptors (Lipinski definition) is 11. The standard InChI is InChI=1S/C14H25N5O5S.C9H8F2/c1-2-5-25-14-18-12(16)6(15)13(19-14)17-7-8(21)10(23)11(9(7)22)24-4-3-20;10-8-4-3-7(5-9(8)11)6-1-2-6/h7-11,20-23H,2-5,15H2,1H3,(H3,16,17,18,19);3-6H,1-2H2/t7?,8-,9+,10-,11?;/m0./s1. The maximum Gasteiger partial charge on any atom is 0.191 e. The maximum atomic E-state index is 12.6. The highest BCUT2D eigenvalue weighted by molar-refractivity contribution is 7.99. The number of aliphatic hydroxyl groups is 4. The van der Waals surface area contributed by atoms with E-state index in [0.29, 0.717) is 11.1 Å². The third-order valence-electron chi connectivity index (χ3n) is 5.85. The summed E-state index contributed by atoms with van der Waals surface area (Å²) in [5.41, 5.74) is 12.7. The topological polar surface area (TPSA) is 180 Å². The summed E-state index contributed by atoms with van der Waals surface area (Å²) >= 11 is 1.40. The lowest BCUT2D eigenvalue weighted by molar-refractivity contribution is -0.0885. The molecule has 5 atom stereocenters. The minimum atomic E-state index is -1.33. The number of nitrogen functional groups attached to an aromatic ring is 2. The second-order valence-corrected chi connectivity index (χ2v) is 9.71. The van der Waals surface area contributed by atoms with E-state index in [1.54, 1.807) is 6.07 Å². The molecule has 1 aromatic carbocycles. The monoisotopic (exact) mass is 529 g/mol. The molecular formula is C23H33F2N5O5S. The van der Waals surface area contributed by atoms with Crippen molar-refractivity contribution < 1.29 is 33.9 Å². The molecule has 0 spiro atoms. The molecule has 0 radical (unpaired) electrons. The van der Waals surface area contributed by atoms with Crippen LogP contribution < -0.4 is 16.8 Å². The zero-order valence-corrected chi connectivity index (χ0v) is 20.7. The number of benzene rings is 1. The predicted molar refractivity (Wildman–Crippen MR) is 132 cm³/mol. The van der Waals surface area contributed by atoms with Crippen molar-refractivity contribution in [2.45, 2.75) is 67.7 Å². The molecule has 4 rings (SSSR count). The van der Waals surface area contributed by atoms with Crippen LogP contribution in [0.2, 0.25) is 0 Å². The van der Waals surface area contributed by atoms with Crippen LogP contribution in [0.5, 0.6) is 0 Å². The van der Waals surface area contributed by atoms with Gasteiger partial charge in [-0.2, -0.15) is 0 Å². The zero-order chi connectivity index (χ0) is 26.4. The van der Waals surface area contributed by atoms with Gasteiger partial charge in [-0.05, 0) is 42.9 Å². The number of thioether (sulfide) groups is 1. The van der Waals surface area contributed by atoms with Crippen molar-refractivity contribution in [1.82, 2.24) is 9.97 Å². The molecule has 2 aliphatic carbocycles. The number of nitrogens with two attached hydrogens (primary N) is 2. The highest BCUT2D eigenvalue weighted by atomic mass is 32.2. The number of ether oxygens (including phenoxy) is 1. The summed E-state index contributed by atoms with van der Waals surface area (Å²) in [5, 5.41) is 42.7. The molecule has 2 aliphatic rings. The predicted octanol–water partition coefficient (Wildman–Crippen LogP) is 1.24. The van der Waals surface area contributed by atoms with Crippen molar-refractivity contribution in [1.29, 1.82) is 0 Å². The molecule has 2 unspecified atom stereocenters. The second kappa shape index (κ2) is 12.8. The number of anilines is 3. The van der Waals surface area contributed by atoms with Crippen molar-refractivity contribution in [2.75, 3.05) is 35.8 Å². The fraction of sp³-hybridized carbons (Fsp3) is 0.565. The molecule has 0 bridgehead atoms. The van der Waals surface area contributed by atoms with Gasteiger partial charge in [0.2, 0.25) is 0 Å². The summed E-state index contributed by atoms with van der Waals surface area (Å²) in [5.74, 6) is 0.0672. The minimum Gasteiger partial charge on any atom is -0.394 e. The Kier molecular flexibility index (Phi) is 10.0. The van der Waals surface area contributed by atoms with E-state index in [2.05, 4.69) is 15.3 Å². The van der Waals surface area contributed by atoms with Crippen molar-refractivity contribution in [3.05, 3.63) is 35.4 Å². The Morgan fingerprint density at radius 2 is 1.81 bits per heavy atom. The first-order valence-electron chi connectivity index (χ1n) is 11.7. The molecule has 9 N–H and O–H groups in total. The van der Waals surface area contributed by atoms with Gasteiger partial charge in [0.25, 0.3) is 0 Å². The van der Waals surface area contributed by atoms with Crippen molar-refractivity contribution in [3.8, 4) is 0 Å². The lowest BCUT2D eigenvalue weighted by Crippen LogP contribution is -2.40. The van der Waals surface area contributed by atoms with Crippen LogP contribution >= 0.6 is 11.8 Å². The van der Waals surface area contributed by atoms with Gasteiger partial charge in [0.05, 0.1) is 19.3 Å². The van der Waals surface area contributed by atoms with E-state index in [1.807, 2.05) is 6.92 Å². The van der Waals surface area contributed by atoms with Crippen molar-refractivity contribution >= 4 is 29.1 Å². The molecule has 1 aromatic heterocycles. The Morgan fingerprint density at radius 3 is 2.42 bits per heavy atom. The van der Waals surface area contributed by atoms with Crippen LogP contribution in [0.15, 0.2) is 23.4 Å². The average Bonchev–Trinajstić information content (AvgIpc) is 3.68. The molecule has 10 nitrogen and oxygen atoms in total. The van der Waals surface area contributed by atoms with E-state index in [1.165, 1.54) is 23.9 Å². The van der Waals surface area contributed by atoms with Crippen LogP contribution in [0.1, 0.15) is 37.7 Å². The van der Waals surface area contributed by atoms with Crippen molar-refractivity contribution in [2.24, 2.45) is 0 Å². The number of aliphatic hydroxyl groups excluding tert-OH is 4. The summed E-state index contributed by atoms with van der Waals surface area (Å²) in [6.45, 7) is 1.68. The number of nitrogens with zero attached hydrogens (tertiary/aromatic N) is 2. The first kappa shape index (κ1) is 28.3. The van der Waals surface area contributed by atoms with E-state index in [-0.39, 0.29) is 30.5 Å². The van der Waals surface area contributed by atoms with E-state index < -0.39 is 42.1 Å². The van der Waals surface area contributed by atoms with Crippen LogP contribution in [0.3, 0.4) is 0 Å². The molecule has 200 valence electrons. The zero-order valence-electron chi connectivity index (χ0n) is 19.8. The number of rotatable bonds is 9. The Labute approximate surface area is 212 Å². The van der Waals surface area contributed by atoms with Gasteiger partial charge in [-0.15, -0.1) is 0 Å². The average molecular weight is 530 g/mol. The Balaban J connectivity index is 0.000000270. The molecule has 0 saturated heterocycles. The first-order valence-corrected chi connectivity index (χ1v) is 12.7. The van der Waals surface area contributed by atoms with Gasteiger partial charge < -0.3 is 41.9 Å². The third-order valence-corrected chi connectivity index (χ3v) is 6.90. The third kappa shape index (κ3) is 6.93. The van der Waals surface area contributed by atoms with E-state index >= 15 is 0 Å². The second-order valence-electron chi connectivity index (χ2n) is 8.65. The number of halogens is 2. The van der Waals surface area contributed by atoms with Gasteiger partial charge in [-0.25, -0.2) is 18.7 Å². The highest BCUT2D eigenvalue weighted by Gasteiger charge is 2.50. The Morgan fingerprint density at radius 1 is 1.08 bits per heavy atom. The van der Waals surface area contributed by atoms with Gasteiger partial charge in [0.1, 0.15) is 30.1 Å². The SMILES string of the molecule is CCCSc1nc(N)c(N)c(NC2[C@@H](O)C(OCCO)[C@@H](O)[C@H]2O)n1.Fc1ccc(C2CC2)cc1F. The fourth-order valence-electron chi connectivity index (χ4n) is 3.75. The van der Waals surface area contributed by atoms with E-state index in [9.17, 15) is 24.1 Å². The normalized spacial score (nSPS) is 25.4. The van der Waals surface area contributed by atoms with E-state index in [0.717, 1.165) is 30.6 Å². The maximum absolute atomic E-state index is 12.6. The quantitative estimate of drug-likeness (QED) is 0.183. The Hall–Kier alpha value is -2.29. The molecule has 2 saturated carbocycles. The molecule has 2 fully saturated rings. The summed E-state index contributed by atoms with van der Waals surface area (Å²) < 4.78 is 30.2. The van der Waals surface area contributed by atoms with Gasteiger partial charge in [-0.1, -0.05) is 24.8 Å². The van der Waals surface area contributed by atoms with Crippen LogP contribution in [0.4, 0.5) is 26.1 Å². The van der Waals surface area contributed by atoms with Gasteiger partial charge in [0.15, 0.2) is 28.4 Å². The van der Waals surface area contributed by atoms with Gasteiger partial charge >= 0.3 is 0 Å². The van der Waals surface area contributed by atoms with Gasteiger partial charge in [0, 0.05) is 5.75 Å². The lowest BCUT2D eigenvalue weighted by Gasteiger charge is -2.23. The summed E-state index contributed by atoms with van der Waals surface area (Å²) in [6.07, 6.45) is -1.77. The molecule has 0 aliphatic heterocycles. The van der Waals surface area contributed by atoms with Gasteiger partial charge in [-0.3, -0.25) is 0 Å². The first-order chi connectivity index (χ1) is 17.2. The van der Waals surface area contributed by atoms with Crippen molar-refractivity contribution in [3.63, 3.8) is 0 Å². The van der Waals surface area contributed by atoms with E-state index in [4.69, 9.17) is 21.3 Å². The Bertz CT molecular complexity index is 1020. The molecule has 1 heterocycles. The summed E-state index contributed by atoms with van der Waals surface area (Å²) in [4.78, 5) is 8.36. The fourth-order valence-corrected chi connectivity index (χ4v) is 4.45. The molecule has 36 heavy (non-hydrogen) atoms. The lowest BCUT2D eigenvalue weighted by atomic mass is 10.1. The highest BCUT2D eigenvalue weighted by Crippen LogP contribution is 2.40. The summed E-state index contributed by atoms with van der Waals surface area (Å²) in [6, 6.07) is 3.19. The van der Waals surface area contributed by atoms with Crippen LogP contribution in [0, 0.1) is 11.6 Å². The summed E-state index contributed by atoms with van der Waals surface area (Å²) in [7, 11) is 0. The number of nitrogens with one attached hydrogen (secondary N) is 1. The minimum absolute atomic E-state index is 0.0708. The smallest absolute Gasteiger partial charge is 0.191 e. The molecular weight excluding hydrogens is 496 g/mol. The molecule has 0 amide bonds. The largest absolute Gasteiger partial charge is 0.394 e. The molecule has 2 aromatic rings. The van der Waals surface area contributed by atoms with Crippen LogP contribution in [-0.2, 0) is 4.74 Å². The number of hydrogen-bond donors (Lipinski definition) is 7.